The Hall–Kier alpha value is -2.80. The summed E-state index contributed by atoms with van der Waals surface area (Å²) in [5.74, 6) is 0.256. The Bertz CT molecular complexity index is 731. The van der Waals surface area contributed by atoms with Crippen molar-refractivity contribution in [2.24, 2.45) is 0 Å². The Kier molecular flexibility index (Phi) is 4.58. The second-order valence-corrected chi connectivity index (χ2v) is 5.78. The molecule has 1 fully saturated rings. The van der Waals surface area contributed by atoms with E-state index in [0.717, 1.165) is 18.7 Å². The van der Waals surface area contributed by atoms with Crippen molar-refractivity contribution < 1.29 is 4.79 Å². The SMILES string of the molecule is N#Cc1ccc(NCc2cccc(CN3CCCC3=O)c2)cc1. The van der Waals surface area contributed by atoms with E-state index in [2.05, 4.69) is 29.6 Å². The Balaban J connectivity index is 1.60. The molecule has 4 heteroatoms. The number of hydrogen-bond acceptors (Lipinski definition) is 3. The van der Waals surface area contributed by atoms with Crippen LogP contribution in [0.5, 0.6) is 0 Å². The lowest BCUT2D eigenvalue weighted by molar-refractivity contribution is -0.128. The number of nitrogens with zero attached hydrogens (tertiary/aromatic N) is 2. The number of rotatable bonds is 5. The molecular formula is C19H19N3O. The first kappa shape index (κ1) is 15.1. The van der Waals surface area contributed by atoms with E-state index in [1.165, 1.54) is 11.1 Å². The molecule has 0 atom stereocenters. The Morgan fingerprint density at radius 1 is 1.13 bits per heavy atom. The van der Waals surface area contributed by atoms with Crippen LogP contribution in [0.1, 0.15) is 29.5 Å². The molecule has 0 saturated carbocycles. The molecule has 1 saturated heterocycles. The first-order chi connectivity index (χ1) is 11.2. The van der Waals surface area contributed by atoms with Gasteiger partial charge in [-0.25, -0.2) is 0 Å². The molecule has 1 aliphatic heterocycles. The summed E-state index contributed by atoms with van der Waals surface area (Å²) in [7, 11) is 0. The molecule has 2 aromatic carbocycles. The second kappa shape index (κ2) is 6.97. The van der Waals surface area contributed by atoms with Crippen molar-refractivity contribution in [2.45, 2.75) is 25.9 Å². The number of amides is 1. The maximum atomic E-state index is 11.7. The molecule has 0 radical (unpaired) electrons. The van der Waals surface area contributed by atoms with Gasteiger partial charge in [0.1, 0.15) is 0 Å². The van der Waals surface area contributed by atoms with Gasteiger partial charge in [-0.3, -0.25) is 4.79 Å². The third kappa shape index (κ3) is 3.89. The van der Waals surface area contributed by atoms with E-state index in [-0.39, 0.29) is 5.91 Å². The molecule has 3 rings (SSSR count). The fourth-order valence-corrected chi connectivity index (χ4v) is 2.80. The molecule has 2 aromatic rings. The topological polar surface area (TPSA) is 56.1 Å². The number of hydrogen-bond donors (Lipinski definition) is 1. The van der Waals surface area contributed by atoms with Crippen LogP contribution >= 0.6 is 0 Å². The zero-order chi connectivity index (χ0) is 16.1. The van der Waals surface area contributed by atoms with Crippen LogP contribution in [0.15, 0.2) is 48.5 Å². The highest BCUT2D eigenvalue weighted by Gasteiger charge is 2.19. The summed E-state index contributed by atoms with van der Waals surface area (Å²) in [6, 6.07) is 17.9. The molecule has 0 aromatic heterocycles. The smallest absolute Gasteiger partial charge is 0.222 e. The minimum Gasteiger partial charge on any atom is -0.381 e. The van der Waals surface area contributed by atoms with Crippen molar-refractivity contribution in [3.05, 3.63) is 65.2 Å². The van der Waals surface area contributed by atoms with Crippen molar-refractivity contribution in [1.29, 1.82) is 5.26 Å². The fourth-order valence-electron chi connectivity index (χ4n) is 2.80. The maximum absolute atomic E-state index is 11.7. The van der Waals surface area contributed by atoms with E-state index in [0.29, 0.717) is 25.1 Å². The number of anilines is 1. The second-order valence-electron chi connectivity index (χ2n) is 5.78. The summed E-state index contributed by atoms with van der Waals surface area (Å²) < 4.78 is 0. The molecule has 1 N–H and O–H groups in total. The van der Waals surface area contributed by atoms with Crippen LogP contribution in [-0.2, 0) is 17.9 Å². The third-order valence-electron chi connectivity index (χ3n) is 4.05. The number of benzene rings is 2. The zero-order valence-electron chi connectivity index (χ0n) is 13.0. The lowest BCUT2D eigenvalue weighted by Gasteiger charge is -2.16. The van der Waals surface area contributed by atoms with Crippen LogP contribution < -0.4 is 5.32 Å². The van der Waals surface area contributed by atoms with Crippen LogP contribution in [0.2, 0.25) is 0 Å². The molecule has 1 amide bonds. The highest BCUT2D eigenvalue weighted by atomic mass is 16.2. The summed E-state index contributed by atoms with van der Waals surface area (Å²) in [6.07, 6.45) is 1.65. The van der Waals surface area contributed by atoms with E-state index >= 15 is 0 Å². The van der Waals surface area contributed by atoms with E-state index < -0.39 is 0 Å². The lowest BCUT2D eigenvalue weighted by Crippen LogP contribution is -2.23. The van der Waals surface area contributed by atoms with Gasteiger partial charge < -0.3 is 10.2 Å². The Labute approximate surface area is 136 Å². The van der Waals surface area contributed by atoms with Crippen LogP contribution in [0.25, 0.3) is 0 Å². The van der Waals surface area contributed by atoms with Gasteiger partial charge in [0.25, 0.3) is 0 Å². The standard InChI is InChI=1S/C19H19N3O/c20-12-15-6-8-18(9-7-15)21-13-16-3-1-4-17(11-16)14-22-10-2-5-19(22)23/h1,3-4,6-9,11,21H,2,5,10,13-14H2. The number of carbonyl (C=O) groups excluding carboxylic acids is 1. The van der Waals surface area contributed by atoms with Gasteiger partial charge >= 0.3 is 0 Å². The average Bonchev–Trinajstić information content (AvgIpc) is 2.99. The third-order valence-corrected chi connectivity index (χ3v) is 4.05. The minimum atomic E-state index is 0.256. The molecule has 0 bridgehead atoms. The van der Waals surface area contributed by atoms with E-state index in [9.17, 15) is 4.79 Å². The van der Waals surface area contributed by atoms with Gasteiger partial charge in [0.05, 0.1) is 11.6 Å². The van der Waals surface area contributed by atoms with E-state index in [4.69, 9.17) is 5.26 Å². The summed E-state index contributed by atoms with van der Waals surface area (Å²) in [5.41, 5.74) is 4.00. The van der Waals surface area contributed by atoms with Gasteiger partial charge in [0.2, 0.25) is 5.91 Å². The molecule has 0 aliphatic carbocycles. The van der Waals surface area contributed by atoms with Gasteiger partial charge in [-0.1, -0.05) is 24.3 Å². The molecule has 23 heavy (non-hydrogen) atoms. The Morgan fingerprint density at radius 3 is 2.61 bits per heavy atom. The van der Waals surface area contributed by atoms with Crippen molar-refractivity contribution in [3.8, 4) is 6.07 Å². The molecular weight excluding hydrogens is 286 g/mol. The molecule has 0 spiro atoms. The summed E-state index contributed by atoms with van der Waals surface area (Å²) in [5, 5.41) is 12.2. The fraction of sp³-hybridized carbons (Fsp3) is 0.263. The molecule has 4 nitrogen and oxygen atoms in total. The van der Waals surface area contributed by atoms with Crippen molar-refractivity contribution >= 4 is 11.6 Å². The number of nitriles is 1. The van der Waals surface area contributed by atoms with Gasteiger partial charge in [-0.2, -0.15) is 5.26 Å². The lowest BCUT2D eigenvalue weighted by atomic mass is 10.1. The molecule has 116 valence electrons. The zero-order valence-corrected chi connectivity index (χ0v) is 13.0. The highest BCUT2D eigenvalue weighted by Crippen LogP contribution is 2.16. The number of likely N-dealkylation sites (tertiary alicyclic amines) is 1. The van der Waals surface area contributed by atoms with Crippen molar-refractivity contribution in [3.63, 3.8) is 0 Å². The maximum Gasteiger partial charge on any atom is 0.222 e. The number of carbonyl (C=O) groups is 1. The van der Waals surface area contributed by atoms with Crippen LogP contribution in [0, 0.1) is 11.3 Å². The summed E-state index contributed by atoms with van der Waals surface area (Å²) in [6.45, 7) is 2.28. The average molecular weight is 305 g/mol. The normalized spacial score (nSPS) is 13.9. The molecule has 0 unspecified atom stereocenters. The first-order valence-corrected chi connectivity index (χ1v) is 7.84. The largest absolute Gasteiger partial charge is 0.381 e. The van der Waals surface area contributed by atoms with Gasteiger partial charge in [-0.05, 0) is 41.8 Å². The number of nitrogens with one attached hydrogen (secondary N) is 1. The highest BCUT2D eigenvalue weighted by molar-refractivity contribution is 5.78. The minimum absolute atomic E-state index is 0.256. The van der Waals surface area contributed by atoms with E-state index in [1.807, 2.05) is 23.1 Å². The van der Waals surface area contributed by atoms with Crippen LogP contribution in [0.4, 0.5) is 5.69 Å². The van der Waals surface area contributed by atoms with Crippen LogP contribution in [0.3, 0.4) is 0 Å². The molecule has 1 heterocycles. The van der Waals surface area contributed by atoms with Gasteiger partial charge in [0, 0.05) is 31.7 Å². The molecule has 1 aliphatic rings. The van der Waals surface area contributed by atoms with Gasteiger partial charge in [-0.15, -0.1) is 0 Å². The first-order valence-electron chi connectivity index (χ1n) is 7.84. The van der Waals surface area contributed by atoms with Gasteiger partial charge in [0.15, 0.2) is 0 Å². The van der Waals surface area contributed by atoms with E-state index in [1.54, 1.807) is 12.1 Å². The predicted octanol–water partition coefficient (Wildman–Crippen LogP) is 3.29. The van der Waals surface area contributed by atoms with Crippen molar-refractivity contribution in [2.75, 3.05) is 11.9 Å². The predicted molar refractivity (Wildman–Crippen MR) is 89.6 cm³/mol. The Morgan fingerprint density at radius 2 is 1.91 bits per heavy atom. The van der Waals surface area contributed by atoms with Crippen LogP contribution in [-0.4, -0.2) is 17.4 Å². The summed E-state index contributed by atoms with van der Waals surface area (Å²) >= 11 is 0. The summed E-state index contributed by atoms with van der Waals surface area (Å²) in [4.78, 5) is 13.6. The monoisotopic (exact) mass is 305 g/mol. The quantitative estimate of drug-likeness (QED) is 0.922. The van der Waals surface area contributed by atoms with Crippen molar-refractivity contribution in [1.82, 2.24) is 4.90 Å².